The van der Waals surface area contributed by atoms with Crippen molar-refractivity contribution in [3.05, 3.63) is 0 Å². The Bertz CT molecular complexity index is 260. The zero-order valence-electron chi connectivity index (χ0n) is 8.57. The van der Waals surface area contributed by atoms with E-state index >= 15 is 0 Å². The molecule has 0 aromatic carbocycles. The topological polar surface area (TPSA) is 75.4 Å². The highest BCUT2D eigenvalue weighted by Gasteiger charge is 2.18. The number of nitrogens with zero attached hydrogens (tertiary/aromatic N) is 1. The Labute approximate surface area is 85.7 Å². The molecule has 1 rings (SSSR count). The van der Waals surface area contributed by atoms with Crippen LogP contribution in [0.15, 0.2) is 0 Å². The van der Waals surface area contributed by atoms with Crippen LogP contribution in [0.25, 0.3) is 0 Å². The van der Waals surface area contributed by atoms with Crippen molar-refractivity contribution in [3.63, 3.8) is 0 Å². The summed E-state index contributed by atoms with van der Waals surface area (Å²) >= 11 is 0. The van der Waals surface area contributed by atoms with Crippen LogP contribution in [0.1, 0.15) is 12.8 Å². The van der Waals surface area contributed by atoms with Gasteiger partial charge in [-0.3, -0.25) is 0 Å². The summed E-state index contributed by atoms with van der Waals surface area (Å²) < 4.78 is 21.5. The number of hydrogen-bond acceptors (Lipinski definition) is 4. The first-order valence-corrected chi connectivity index (χ1v) is 6.62. The summed E-state index contributed by atoms with van der Waals surface area (Å²) in [4.78, 5) is 2.07. The third kappa shape index (κ3) is 4.36. The number of rotatable bonds is 4. The van der Waals surface area contributed by atoms with Crippen LogP contribution in [0, 0.1) is 0 Å². The average molecular weight is 221 g/mol. The van der Waals surface area contributed by atoms with E-state index in [2.05, 4.69) is 10.2 Å². The van der Waals surface area contributed by atoms with E-state index in [-0.39, 0.29) is 5.75 Å². The van der Waals surface area contributed by atoms with E-state index in [4.69, 9.17) is 5.14 Å². The molecule has 3 N–H and O–H groups in total. The number of sulfonamides is 1. The molecule has 1 fully saturated rings. The van der Waals surface area contributed by atoms with Gasteiger partial charge in [-0.15, -0.1) is 0 Å². The predicted octanol–water partition coefficient (Wildman–Crippen LogP) is -1.04. The van der Waals surface area contributed by atoms with Gasteiger partial charge in [0.05, 0.1) is 5.75 Å². The van der Waals surface area contributed by atoms with Crippen LogP contribution in [0.3, 0.4) is 0 Å². The van der Waals surface area contributed by atoms with Crippen LogP contribution in [0.4, 0.5) is 0 Å². The lowest BCUT2D eigenvalue weighted by Gasteiger charge is -2.31. The second kappa shape index (κ2) is 5.06. The van der Waals surface area contributed by atoms with Crippen molar-refractivity contribution >= 4 is 10.0 Å². The summed E-state index contributed by atoms with van der Waals surface area (Å²) in [6, 6.07) is 0.450. The quantitative estimate of drug-likeness (QED) is 0.636. The minimum atomic E-state index is -3.32. The summed E-state index contributed by atoms with van der Waals surface area (Å²) in [5, 5.41) is 8.23. The Morgan fingerprint density at radius 1 is 1.57 bits per heavy atom. The number of likely N-dealkylation sites (N-methyl/N-ethyl adjacent to an activating group) is 1. The molecule has 6 heteroatoms. The Balaban J connectivity index is 2.30. The lowest BCUT2D eigenvalue weighted by Crippen LogP contribution is -2.45. The van der Waals surface area contributed by atoms with Crippen molar-refractivity contribution in [1.29, 1.82) is 0 Å². The van der Waals surface area contributed by atoms with E-state index in [1.807, 2.05) is 7.05 Å². The summed E-state index contributed by atoms with van der Waals surface area (Å²) in [6.07, 6.45) is 2.29. The molecule has 5 nitrogen and oxygen atoms in total. The molecule has 1 unspecified atom stereocenters. The van der Waals surface area contributed by atoms with Crippen LogP contribution in [0.5, 0.6) is 0 Å². The predicted molar refractivity (Wildman–Crippen MR) is 56.5 cm³/mol. The second-order valence-corrected chi connectivity index (χ2v) is 5.58. The van der Waals surface area contributed by atoms with E-state index in [1.165, 1.54) is 0 Å². The summed E-state index contributed by atoms with van der Waals surface area (Å²) in [7, 11) is -1.37. The maximum absolute atomic E-state index is 10.8. The van der Waals surface area contributed by atoms with Gasteiger partial charge in [-0.05, 0) is 26.4 Å². The van der Waals surface area contributed by atoms with Crippen molar-refractivity contribution in [3.8, 4) is 0 Å². The monoisotopic (exact) mass is 221 g/mol. The molecule has 0 saturated carbocycles. The molecule has 1 aliphatic heterocycles. The van der Waals surface area contributed by atoms with Crippen LogP contribution in [0.2, 0.25) is 0 Å². The maximum Gasteiger partial charge on any atom is 0.210 e. The van der Waals surface area contributed by atoms with Crippen molar-refractivity contribution in [2.24, 2.45) is 5.14 Å². The van der Waals surface area contributed by atoms with Gasteiger partial charge in [-0.2, -0.15) is 0 Å². The van der Waals surface area contributed by atoms with Gasteiger partial charge in [0.15, 0.2) is 0 Å². The molecule has 0 spiro atoms. The maximum atomic E-state index is 10.8. The molecule has 1 heterocycles. The smallest absolute Gasteiger partial charge is 0.210 e. The molecular formula is C8H19N3O2S. The van der Waals surface area contributed by atoms with Crippen molar-refractivity contribution in [2.45, 2.75) is 18.9 Å². The first-order chi connectivity index (χ1) is 6.49. The van der Waals surface area contributed by atoms with E-state index in [9.17, 15) is 8.42 Å². The zero-order valence-corrected chi connectivity index (χ0v) is 9.39. The molecule has 0 aromatic heterocycles. The van der Waals surface area contributed by atoms with Gasteiger partial charge in [0.25, 0.3) is 0 Å². The Hall–Kier alpha value is -0.170. The van der Waals surface area contributed by atoms with E-state index in [0.717, 1.165) is 25.9 Å². The molecule has 84 valence electrons. The highest BCUT2D eigenvalue weighted by molar-refractivity contribution is 7.89. The van der Waals surface area contributed by atoms with Gasteiger partial charge in [0.2, 0.25) is 10.0 Å². The minimum absolute atomic E-state index is 0.0417. The van der Waals surface area contributed by atoms with Gasteiger partial charge in [-0.25, -0.2) is 13.6 Å². The van der Waals surface area contributed by atoms with Crippen LogP contribution in [-0.2, 0) is 10.0 Å². The van der Waals surface area contributed by atoms with Gasteiger partial charge in [0, 0.05) is 19.1 Å². The zero-order chi connectivity index (χ0) is 10.6. The van der Waals surface area contributed by atoms with Gasteiger partial charge >= 0.3 is 0 Å². The Morgan fingerprint density at radius 2 is 2.29 bits per heavy atom. The molecule has 1 aliphatic rings. The third-order valence-electron chi connectivity index (χ3n) is 2.62. The summed E-state index contributed by atoms with van der Waals surface area (Å²) in [5.74, 6) is 0.0417. The minimum Gasteiger partial charge on any atom is -0.315 e. The standard InChI is InChI=1S/C8H19N3O2S/c1-11(5-6-14(9,12)13)8-3-2-4-10-7-8/h8,10H,2-7H2,1H3,(H2,9,12,13). The fraction of sp³-hybridized carbons (Fsp3) is 1.00. The lowest BCUT2D eigenvalue weighted by atomic mass is 10.1. The van der Waals surface area contributed by atoms with Gasteiger partial charge in [0.1, 0.15) is 0 Å². The largest absolute Gasteiger partial charge is 0.315 e. The molecule has 14 heavy (non-hydrogen) atoms. The number of piperidine rings is 1. The number of nitrogens with one attached hydrogen (secondary N) is 1. The lowest BCUT2D eigenvalue weighted by molar-refractivity contribution is 0.213. The third-order valence-corrected chi connectivity index (χ3v) is 3.37. The van der Waals surface area contributed by atoms with E-state index < -0.39 is 10.0 Å². The average Bonchev–Trinajstić information content (AvgIpc) is 2.14. The SMILES string of the molecule is CN(CCS(N)(=O)=O)C1CCCNC1. The second-order valence-electron chi connectivity index (χ2n) is 3.85. The van der Waals surface area contributed by atoms with E-state index in [0.29, 0.717) is 12.6 Å². The summed E-state index contributed by atoms with van der Waals surface area (Å²) in [5.41, 5.74) is 0. The Morgan fingerprint density at radius 3 is 2.79 bits per heavy atom. The van der Waals surface area contributed by atoms with Crippen molar-refractivity contribution < 1.29 is 8.42 Å². The normalized spacial score (nSPS) is 24.1. The molecule has 0 aliphatic carbocycles. The molecule has 0 aromatic rings. The molecule has 1 saturated heterocycles. The van der Waals surface area contributed by atoms with Gasteiger partial charge in [-0.1, -0.05) is 0 Å². The number of hydrogen-bond donors (Lipinski definition) is 2. The molecular weight excluding hydrogens is 202 g/mol. The molecule has 1 atom stereocenters. The van der Waals surface area contributed by atoms with Crippen molar-refractivity contribution in [2.75, 3.05) is 32.4 Å². The Kier molecular flexibility index (Phi) is 4.31. The molecule has 0 radical (unpaired) electrons. The fourth-order valence-corrected chi connectivity index (χ4v) is 2.21. The van der Waals surface area contributed by atoms with Crippen LogP contribution in [-0.4, -0.2) is 51.8 Å². The summed E-state index contributed by atoms with van der Waals surface area (Å²) in [6.45, 7) is 2.53. The van der Waals surface area contributed by atoms with Crippen LogP contribution < -0.4 is 10.5 Å². The molecule has 0 bridgehead atoms. The first-order valence-electron chi connectivity index (χ1n) is 4.90. The highest BCUT2D eigenvalue weighted by atomic mass is 32.2. The van der Waals surface area contributed by atoms with E-state index in [1.54, 1.807) is 0 Å². The van der Waals surface area contributed by atoms with Gasteiger partial charge < -0.3 is 10.2 Å². The number of primary sulfonamides is 1. The van der Waals surface area contributed by atoms with Crippen LogP contribution >= 0.6 is 0 Å². The van der Waals surface area contributed by atoms with Crippen molar-refractivity contribution in [1.82, 2.24) is 10.2 Å². The molecule has 0 amide bonds. The fourth-order valence-electron chi connectivity index (χ4n) is 1.66. The number of nitrogens with two attached hydrogens (primary N) is 1. The highest BCUT2D eigenvalue weighted by Crippen LogP contribution is 2.07. The first kappa shape index (κ1) is 11.9.